The largest absolute Gasteiger partial charge is 0.493 e. The first-order valence-corrected chi connectivity index (χ1v) is 9.48. The highest BCUT2D eigenvalue weighted by atomic mass is 16.5. The number of methoxy groups -OCH3 is 3. The number of hydrogen-bond donors (Lipinski definition) is 1. The van der Waals surface area contributed by atoms with Crippen LogP contribution in [0.15, 0.2) is 66.7 Å². The monoisotopic (exact) mass is 421 g/mol. The standard InChI is InChI=1S/C24H23NO6/c1-28-21-13-19(24(27)30-3)20(14-22(21)29-2)25-23(26)17-11-9-16(10-12-17)15-31-18-7-5-4-6-8-18/h4-14H,15H2,1-3H3,(H,25,26). The molecule has 0 atom stereocenters. The molecule has 3 rings (SSSR count). The summed E-state index contributed by atoms with van der Waals surface area (Å²) in [5.41, 5.74) is 1.75. The third kappa shape index (κ3) is 5.33. The van der Waals surface area contributed by atoms with E-state index in [1.165, 1.54) is 33.5 Å². The van der Waals surface area contributed by atoms with Crippen molar-refractivity contribution in [3.8, 4) is 17.2 Å². The summed E-state index contributed by atoms with van der Waals surface area (Å²) >= 11 is 0. The fraction of sp³-hybridized carbons (Fsp3) is 0.167. The lowest BCUT2D eigenvalue weighted by atomic mass is 10.1. The van der Waals surface area contributed by atoms with Crippen molar-refractivity contribution in [3.05, 3.63) is 83.4 Å². The molecule has 0 bridgehead atoms. The summed E-state index contributed by atoms with van der Waals surface area (Å²) < 4.78 is 21.0. The van der Waals surface area contributed by atoms with E-state index in [1.54, 1.807) is 12.1 Å². The Balaban J connectivity index is 1.75. The van der Waals surface area contributed by atoms with Gasteiger partial charge in [0.25, 0.3) is 5.91 Å². The Morgan fingerprint density at radius 1 is 0.839 bits per heavy atom. The molecule has 0 saturated carbocycles. The van der Waals surface area contributed by atoms with Crippen LogP contribution in [0.4, 0.5) is 5.69 Å². The summed E-state index contributed by atoms with van der Waals surface area (Å²) in [6.07, 6.45) is 0. The molecule has 0 aliphatic rings. The molecule has 7 heteroatoms. The number of benzene rings is 3. The maximum absolute atomic E-state index is 12.8. The highest BCUT2D eigenvalue weighted by Crippen LogP contribution is 2.34. The molecule has 0 unspecified atom stereocenters. The van der Waals surface area contributed by atoms with Crippen molar-refractivity contribution >= 4 is 17.6 Å². The number of rotatable bonds is 8. The maximum Gasteiger partial charge on any atom is 0.340 e. The molecule has 0 radical (unpaired) electrons. The Labute approximate surface area is 180 Å². The predicted octanol–water partition coefficient (Wildman–Crippen LogP) is 4.32. The number of esters is 1. The molecular weight excluding hydrogens is 398 g/mol. The van der Waals surface area contributed by atoms with Crippen molar-refractivity contribution in [2.45, 2.75) is 6.61 Å². The molecule has 0 aliphatic heterocycles. The second kappa shape index (κ2) is 10.2. The Morgan fingerprint density at radius 2 is 1.48 bits per heavy atom. The smallest absolute Gasteiger partial charge is 0.340 e. The van der Waals surface area contributed by atoms with Crippen LogP contribution in [0.5, 0.6) is 17.2 Å². The quantitative estimate of drug-likeness (QED) is 0.546. The summed E-state index contributed by atoms with van der Waals surface area (Å²) in [6, 6.07) is 19.5. The number of hydrogen-bond acceptors (Lipinski definition) is 6. The summed E-state index contributed by atoms with van der Waals surface area (Å²) in [7, 11) is 4.19. The van der Waals surface area contributed by atoms with Gasteiger partial charge in [0.05, 0.1) is 32.6 Å². The Morgan fingerprint density at radius 3 is 2.10 bits per heavy atom. The van der Waals surface area contributed by atoms with Gasteiger partial charge in [-0.1, -0.05) is 30.3 Å². The van der Waals surface area contributed by atoms with E-state index in [-0.39, 0.29) is 17.2 Å². The van der Waals surface area contributed by atoms with E-state index >= 15 is 0 Å². The average molecular weight is 421 g/mol. The number of nitrogens with one attached hydrogen (secondary N) is 1. The number of amides is 1. The maximum atomic E-state index is 12.8. The molecule has 1 N–H and O–H groups in total. The third-order valence-electron chi connectivity index (χ3n) is 4.54. The summed E-state index contributed by atoms with van der Waals surface area (Å²) in [5.74, 6) is 0.508. The number of para-hydroxylation sites is 1. The van der Waals surface area contributed by atoms with Gasteiger partial charge in [-0.3, -0.25) is 4.79 Å². The van der Waals surface area contributed by atoms with Gasteiger partial charge in [-0.2, -0.15) is 0 Å². The first kappa shape index (κ1) is 21.7. The zero-order valence-electron chi connectivity index (χ0n) is 17.5. The van der Waals surface area contributed by atoms with Gasteiger partial charge in [-0.25, -0.2) is 4.79 Å². The lowest BCUT2D eigenvalue weighted by molar-refractivity contribution is 0.0601. The SMILES string of the molecule is COC(=O)c1cc(OC)c(OC)cc1NC(=O)c1ccc(COc2ccccc2)cc1. The van der Waals surface area contributed by atoms with E-state index in [9.17, 15) is 9.59 Å². The second-order valence-corrected chi connectivity index (χ2v) is 6.50. The van der Waals surface area contributed by atoms with Gasteiger partial charge in [0.15, 0.2) is 11.5 Å². The lowest BCUT2D eigenvalue weighted by Gasteiger charge is -2.15. The fourth-order valence-electron chi connectivity index (χ4n) is 2.89. The molecule has 3 aromatic carbocycles. The molecule has 0 aliphatic carbocycles. The molecule has 0 aromatic heterocycles. The first-order chi connectivity index (χ1) is 15.0. The molecule has 0 spiro atoms. The number of ether oxygens (including phenoxy) is 4. The molecule has 1 amide bonds. The van der Waals surface area contributed by atoms with Crippen molar-refractivity contribution < 1.29 is 28.5 Å². The topological polar surface area (TPSA) is 83.1 Å². The molecule has 160 valence electrons. The van der Waals surface area contributed by atoms with E-state index in [0.29, 0.717) is 23.7 Å². The minimum absolute atomic E-state index is 0.154. The van der Waals surface area contributed by atoms with E-state index in [1.807, 2.05) is 42.5 Å². The zero-order valence-corrected chi connectivity index (χ0v) is 17.5. The van der Waals surface area contributed by atoms with Crippen LogP contribution in [0.2, 0.25) is 0 Å². The predicted molar refractivity (Wildman–Crippen MR) is 116 cm³/mol. The molecule has 0 heterocycles. The minimum Gasteiger partial charge on any atom is -0.493 e. The van der Waals surface area contributed by atoms with E-state index < -0.39 is 5.97 Å². The van der Waals surface area contributed by atoms with Crippen LogP contribution in [0.1, 0.15) is 26.3 Å². The minimum atomic E-state index is -0.607. The van der Waals surface area contributed by atoms with Gasteiger partial charge in [0.1, 0.15) is 12.4 Å². The van der Waals surface area contributed by atoms with E-state index in [0.717, 1.165) is 11.3 Å². The fourth-order valence-corrected chi connectivity index (χ4v) is 2.89. The molecule has 3 aromatic rings. The van der Waals surface area contributed by atoms with Crippen LogP contribution in [0.3, 0.4) is 0 Å². The Kier molecular flexibility index (Phi) is 7.11. The molecule has 31 heavy (non-hydrogen) atoms. The average Bonchev–Trinajstić information content (AvgIpc) is 2.82. The highest BCUT2D eigenvalue weighted by molar-refractivity contribution is 6.08. The van der Waals surface area contributed by atoms with Gasteiger partial charge in [0.2, 0.25) is 0 Å². The molecule has 0 fully saturated rings. The van der Waals surface area contributed by atoms with E-state index in [2.05, 4.69) is 5.32 Å². The zero-order chi connectivity index (χ0) is 22.2. The number of anilines is 1. The van der Waals surface area contributed by atoms with E-state index in [4.69, 9.17) is 18.9 Å². The van der Waals surface area contributed by atoms with Crippen LogP contribution < -0.4 is 19.5 Å². The van der Waals surface area contributed by atoms with Crippen molar-refractivity contribution in [1.29, 1.82) is 0 Å². The molecular formula is C24H23NO6. The number of carbonyl (C=O) groups is 2. The van der Waals surface area contributed by atoms with Crippen LogP contribution in [0.25, 0.3) is 0 Å². The van der Waals surface area contributed by atoms with Crippen molar-refractivity contribution in [2.24, 2.45) is 0 Å². The van der Waals surface area contributed by atoms with Crippen LogP contribution in [-0.2, 0) is 11.3 Å². The van der Waals surface area contributed by atoms with Gasteiger partial charge in [-0.15, -0.1) is 0 Å². The molecule has 7 nitrogen and oxygen atoms in total. The van der Waals surface area contributed by atoms with Crippen molar-refractivity contribution in [1.82, 2.24) is 0 Å². The van der Waals surface area contributed by atoms with Crippen LogP contribution >= 0.6 is 0 Å². The van der Waals surface area contributed by atoms with Gasteiger partial charge < -0.3 is 24.3 Å². The Hall–Kier alpha value is -4.00. The number of carbonyl (C=O) groups excluding carboxylic acids is 2. The second-order valence-electron chi connectivity index (χ2n) is 6.50. The normalized spacial score (nSPS) is 10.2. The van der Waals surface area contributed by atoms with Crippen molar-refractivity contribution in [3.63, 3.8) is 0 Å². The van der Waals surface area contributed by atoms with Crippen molar-refractivity contribution in [2.75, 3.05) is 26.6 Å². The van der Waals surface area contributed by atoms with Crippen LogP contribution in [0, 0.1) is 0 Å². The lowest BCUT2D eigenvalue weighted by Crippen LogP contribution is -2.16. The first-order valence-electron chi connectivity index (χ1n) is 9.48. The summed E-state index contributed by atoms with van der Waals surface area (Å²) in [5, 5.41) is 2.74. The van der Waals surface area contributed by atoms with Gasteiger partial charge in [0, 0.05) is 17.7 Å². The van der Waals surface area contributed by atoms with Gasteiger partial charge >= 0.3 is 5.97 Å². The van der Waals surface area contributed by atoms with Gasteiger partial charge in [-0.05, 0) is 29.8 Å². The Bertz CT molecular complexity index is 1050. The summed E-state index contributed by atoms with van der Waals surface area (Å²) in [4.78, 5) is 24.9. The highest BCUT2D eigenvalue weighted by Gasteiger charge is 2.19. The molecule has 0 saturated heterocycles. The van der Waals surface area contributed by atoms with Crippen LogP contribution in [-0.4, -0.2) is 33.2 Å². The summed E-state index contributed by atoms with van der Waals surface area (Å²) in [6.45, 7) is 0.383. The third-order valence-corrected chi connectivity index (χ3v) is 4.54.